The predicted molar refractivity (Wildman–Crippen MR) is 88.0 cm³/mol. The fourth-order valence-corrected chi connectivity index (χ4v) is 5.04. The molecule has 0 radical (unpaired) electrons. The van der Waals surface area contributed by atoms with E-state index in [0.717, 1.165) is 39.0 Å². The number of amides is 1. The molecule has 1 N–H and O–H groups in total. The van der Waals surface area contributed by atoms with Crippen LogP contribution in [-0.2, 0) is 14.8 Å². The summed E-state index contributed by atoms with van der Waals surface area (Å²) in [7, 11) is -3.06. The van der Waals surface area contributed by atoms with Crippen LogP contribution in [-0.4, -0.2) is 81.4 Å². The van der Waals surface area contributed by atoms with Crippen molar-refractivity contribution in [2.45, 2.75) is 39.2 Å². The highest BCUT2D eigenvalue weighted by molar-refractivity contribution is 7.89. The molecule has 0 aromatic carbocycles. The number of hydrogen-bond donors (Lipinski definition) is 1. The largest absolute Gasteiger partial charge is 0.450 e. The van der Waals surface area contributed by atoms with Crippen LogP contribution in [0.4, 0.5) is 4.79 Å². The van der Waals surface area contributed by atoms with Gasteiger partial charge in [0.25, 0.3) is 0 Å². The number of carbonyl (C=O) groups excluding carboxylic acids is 1. The Bertz CT molecular complexity index is 481. The van der Waals surface area contributed by atoms with E-state index >= 15 is 0 Å². The first-order valence-electron chi connectivity index (χ1n) is 8.72. The van der Waals surface area contributed by atoms with E-state index in [9.17, 15) is 13.2 Å². The second-order valence-corrected chi connectivity index (χ2v) is 8.42. The molecule has 0 aromatic heterocycles. The minimum absolute atomic E-state index is 0.212. The Morgan fingerprint density at radius 2 is 1.74 bits per heavy atom. The number of nitrogens with one attached hydrogen (secondary N) is 1. The topological polar surface area (TPSA) is 71.4 Å². The Morgan fingerprint density at radius 3 is 2.26 bits per heavy atom. The number of nitrogens with zero attached hydrogens (tertiary/aromatic N) is 2. The van der Waals surface area contributed by atoms with E-state index in [2.05, 4.69) is 0 Å². The minimum Gasteiger partial charge on any atom is -0.450 e. The maximum Gasteiger partial charge on any atom is 0.409 e. The van der Waals surface area contributed by atoms with E-state index in [1.165, 1.54) is 4.90 Å². The third-order valence-corrected chi connectivity index (χ3v) is 6.89. The number of carbonyl (C=O) groups is 1. The van der Waals surface area contributed by atoms with Crippen molar-refractivity contribution in [2.24, 2.45) is 0 Å². The molecule has 2 rings (SSSR count). The summed E-state index contributed by atoms with van der Waals surface area (Å²) in [6.07, 6.45) is 2.39. The maximum absolute atomic E-state index is 12.1. The normalized spacial score (nSPS) is 22.3. The van der Waals surface area contributed by atoms with Crippen LogP contribution in [0.15, 0.2) is 0 Å². The molecule has 0 spiro atoms. The number of hydrogen-bond acceptors (Lipinski definition) is 4. The number of piperazine rings is 1. The highest BCUT2D eigenvalue weighted by Crippen LogP contribution is 2.11. The molecule has 23 heavy (non-hydrogen) atoms. The van der Waals surface area contributed by atoms with Crippen LogP contribution < -0.4 is 4.90 Å². The fraction of sp³-hybridized carbons (Fsp3) is 0.933. The lowest BCUT2D eigenvalue weighted by Gasteiger charge is -2.39. The Kier molecular flexibility index (Phi) is 6.67. The van der Waals surface area contributed by atoms with Crippen molar-refractivity contribution in [3.63, 3.8) is 0 Å². The first-order chi connectivity index (χ1) is 11.0. The second-order valence-electron chi connectivity index (χ2n) is 6.33. The Hall–Kier alpha value is -0.860. The van der Waals surface area contributed by atoms with Crippen molar-refractivity contribution < 1.29 is 22.8 Å². The molecular weight excluding hydrogens is 318 g/mol. The van der Waals surface area contributed by atoms with Crippen molar-refractivity contribution in [1.82, 2.24) is 9.21 Å². The van der Waals surface area contributed by atoms with Crippen molar-refractivity contribution in [2.75, 3.05) is 51.6 Å². The summed E-state index contributed by atoms with van der Waals surface area (Å²) in [5.74, 6) is 0.250. The molecule has 0 bridgehead atoms. The third-order valence-electron chi connectivity index (χ3n) is 4.82. The van der Waals surface area contributed by atoms with Crippen LogP contribution in [0.2, 0.25) is 0 Å². The summed E-state index contributed by atoms with van der Waals surface area (Å²) in [6.45, 7) is 8.59. The van der Waals surface area contributed by atoms with Crippen molar-refractivity contribution in [3.8, 4) is 0 Å². The van der Waals surface area contributed by atoms with Crippen molar-refractivity contribution in [3.05, 3.63) is 0 Å². The van der Waals surface area contributed by atoms with E-state index in [1.807, 2.05) is 13.8 Å². The van der Waals surface area contributed by atoms with Gasteiger partial charge in [0.1, 0.15) is 0 Å². The zero-order valence-corrected chi connectivity index (χ0v) is 15.1. The summed E-state index contributed by atoms with van der Waals surface area (Å²) in [5.41, 5.74) is 0. The smallest absolute Gasteiger partial charge is 0.409 e. The number of quaternary nitrogens is 1. The summed E-state index contributed by atoms with van der Waals surface area (Å²) < 4.78 is 30.9. The van der Waals surface area contributed by atoms with E-state index in [0.29, 0.717) is 32.2 Å². The fourth-order valence-electron chi connectivity index (χ4n) is 3.53. The molecule has 0 unspecified atom stereocenters. The molecule has 1 amide bonds. The molecule has 0 atom stereocenters. The molecule has 0 aromatic rings. The first-order valence-corrected chi connectivity index (χ1v) is 10.3. The highest BCUT2D eigenvalue weighted by Gasteiger charge is 2.34. The molecule has 7 nitrogen and oxygen atoms in total. The Balaban J connectivity index is 1.78. The van der Waals surface area contributed by atoms with Crippen molar-refractivity contribution >= 4 is 16.1 Å². The first kappa shape index (κ1) is 18.5. The monoisotopic (exact) mass is 348 g/mol. The van der Waals surface area contributed by atoms with Gasteiger partial charge in [0, 0.05) is 25.9 Å². The lowest BCUT2D eigenvalue weighted by Crippen LogP contribution is -3.18. The Morgan fingerprint density at radius 1 is 1.13 bits per heavy atom. The quantitative estimate of drug-likeness (QED) is 0.730. The molecule has 8 heteroatoms. The van der Waals surface area contributed by atoms with Crippen LogP contribution in [0.1, 0.15) is 33.1 Å². The average Bonchev–Trinajstić information content (AvgIpc) is 2.55. The van der Waals surface area contributed by atoms with Gasteiger partial charge < -0.3 is 14.5 Å². The zero-order valence-electron chi connectivity index (χ0n) is 14.3. The van der Waals surface area contributed by atoms with Gasteiger partial charge in [-0.15, -0.1) is 0 Å². The lowest BCUT2D eigenvalue weighted by atomic mass is 10.0. The van der Waals surface area contributed by atoms with Gasteiger partial charge in [-0.05, 0) is 13.3 Å². The molecule has 134 valence electrons. The highest BCUT2D eigenvalue weighted by atomic mass is 32.2. The zero-order chi connectivity index (χ0) is 16.9. The van der Waals surface area contributed by atoms with Gasteiger partial charge >= 0.3 is 6.09 Å². The summed E-state index contributed by atoms with van der Waals surface area (Å²) in [4.78, 5) is 15.0. The van der Waals surface area contributed by atoms with Crippen LogP contribution in [0.3, 0.4) is 0 Å². The minimum atomic E-state index is -3.06. The summed E-state index contributed by atoms with van der Waals surface area (Å²) in [5, 5.41) is 0. The summed E-state index contributed by atoms with van der Waals surface area (Å²) >= 11 is 0. The van der Waals surface area contributed by atoms with Crippen molar-refractivity contribution in [1.29, 1.82) is 0 Å². The molecule has 2 aliphatic heterocycles. The van der Waals surface area contributed by atoms with Crippen LogP contribution >= 0.6 is 0 Å². The summed E-state index contributed by atoms with van der Waals surface area (Å²) in [6, 6.07) is 0.525. The average molecular weight is 348 g/mol. The SMILES string of the molecule is CCCS(=O)(=O)N1CC[NH+](C2CCN(C(=O)OCC)CC2)CC1. The number of ether oxygens (including phenoxy) is 1. The van der Waals surface area contributed by atoms with E-state index in [4.69, 9.17) is 4.74 Å². The molecule has 2 fully saturated rings. The van der Waals surface area contributed by atoms with Gasteiger partial charge in [-0.25, -0.2) is 13.2 Å². The van der Waals surface area contributed by atoms with Crippen LogP contribution in [0, 0.1) is 0 Å². The number of sulfonamides is 1. The number of likely N-dealkylation sites (tertiary alicyclic amines) is 1. The number of rotatable bonds is 5. The van der Waals surface area contributed by atoms with Crippen LogP contribution in [0.5, 0.6) is 0 Å². The second kappa shape index (κ2) is 8.30. The van der Waals surface area contributed by atoms with Gasteiger partial charge in [-0.1, -0.05) is 6.92 Å². The van der Waals surface area contributed by atoms with E-state index < -0.39 is 10.0 Å². The molecule has 2 saturated heterocycles. The van der Waals surface area contributed by atoms with E-state index in [-0.39, 0.29) is 11.8 Å². The molecule has 0 aliphatic carbocycles. The third kappa shape index (κ3) is 4.81. The molecule has 2 heterocycles. The van der Waals surface area contributed by atoms with Gasteiger partial charge in [-0.2, -0.15) is 4.31 Å². The molecule has 2 aliphatic rings. The van der Waals surface area contributed by atoms with E-state index in [1.54, 1.807) is 9.21 Å². The van der Waals surface area contributed by atoms with Gasteiger partial charge in [0.05, 0.1) is 44.6 Å². The Labute approximate surface area is 139 Å². The lowest BCUT2D eigenvalue weighted by molar-refractivity contribution is -0.930. The standard InChI is InChI=1S/C15H29N3O4S/c1-3-13-23(20,21)18-11-9-16(10-12-18)14-5-7-17(8-6-14)15(19)22-4-2/h14H,3-13H2,1-2H3/p+1. The molecular formula is C15H30N3O4S+. The van der Waals surface area contributed by atoms with Crippen LogP contribution in [0.25, 0.3) is 0 Å². The molecule has 0 saturated carbocycles. The van der Waals surface area contributed by atoms with Gasteiger partial charge in [0.2, 0.25) is 10.0 Å². The number of piperidine rings is 1. The predicted octanol–water partition coefficient (Wildman–Crippen LogP) is -0.452. The van der Waals surface area contributed by atoms with Gasteiger partial charge in [-0.3, -0.25) is 0 Å². The maximum atomic E-state index is 12.1. The van der Waals surface area contributed by atoms with Gasteiger partial charge in [0.15, 0.2) is 0 Å².